The molecule has 1 aliphatic heterocycles. The molecule has 0 saturated carbocycles. The number of rotatable bonds is 3. The standard InChI is InChI=1S/C19H19N3O/c1-3-19(10-5-4-6-11-19)21-14-7-8-15-16-13(18(23)22(15)2)9-12-20-17(14)16/h4-10,12,21H,3,11H2,1-2H3. The number of hydrogen-bond acceptors (Lipinski definition) is 3. The molecule has 1 atom stereocenters. The molecule has 1 amide bonds. The average molecular weight is 305 g/mol. The Morgan fingerprint density at radius 1 is 1.30 bits per heavy atom. The number of carbonyl (C=O) groups is 1. The van der Waals surface area contributed by atoms with Crippen LogP contribution in [0.1, 0.15) is 30.1 Å². The number of carbonyl (C=O) groups excluding carboxylic acids is 1. The first-order valence-corrected chi connectivity index (χ1v) is 7.97. The van der Waals surface area contributed by atoms with E-state index in [-0.39, 0.29) is 11.4 Å². The van der Waals surface area contributed by atoms with Crippen LogP contribution in [-0.4, -0.2) is 23.5 Å². The van der Waals surface area contributed by atoms with Gasteiger partial charge in [-0.05, 0) is 31.0 Å². The van der Waals surface area contributed by atoms with E-state index in [4.69, 9.17) is 0 Å². The fourth-order valence-corrected chi connectivity index (χ4v) is 3.47. The molecule has 0 saturated heterocycles. The summed E-state index contributed by atoms with van der Waals surface area (Å²) < 4.78 is 0. The van der Waals surface area contributed by atoms with E-state index in [1.54, 1.807) is 17.2 Å². The van der Waals surface area contributed by atoms with Crippen LogP contribution in [0.25, 0.3) is 10.9 Å². The molecule has 1 aliphatic carbocycles. The number of allylic oxidation sites excluding steroid dienone is 2. The van der Waals surface area contributed by atoms with Gasteiger partial charge >= 0.3 is 0 Å². The molecule has 2 heterocycles. The maximum Gasteiger partial charge on any atom is 0.258 e. The predicted octanol–water partition coefficient (Wildman–Crippen LogP) is 3.90. The van der Waals surface area contributed by atoms with Crippen LogP contribution in [0.2, 0.25) is 0 Å². The minimum absolute atomic E-state index is 0.0373. The highest BCUT2D eigenvalue weighted by Crippen LogP contribution is 2.40. The second-order valence-corrected chi connectivity index (χ2v) is 6.20. The van der Waals surface area contributed by atoms with Crippen molar-refractivity contribution >= 4 is 28.2 Å². The monoisotopic (exact) mass is 305 g/mol. The minimum Gasteiger partial charge on any atom is -0.374 e. The van der Waals surface area contributed by atoms with E-state index in [1.165, 1.54) is 0 Å². The van der Waals surface area contributed by atoms with Gasteiger partial charge < -0.3 is 10.2 Å². The van der Waals surface area contributed by atoms with Crippen molar-refractivity contribution in [2.45, 2.75) is 25.3 Å². The summed E-state index contributed by atoms with van der Waals surface area (Å²) in [4.78, 5) is 18.6. The fourth-order valence-electron chi connectivity index (χ4n) is 3.47. The topological polar surface area (TPSA) is 45.2 Å². The number of nitrogens with zero attached hydrogens (tertiary/aromatic N) is 2. The number of anilines is 2. The van der Waals surface area contributed by atoms with Crippen molar-refractivity contribution in [3.63, 3.8) is 0 Å². The molecule has 0 radical (unpaired) electrons. The lowest BCUT2D eigenvalue weighted by atomic mass is 9.88. The van der Waals surface area contributed by atoms with Gasteiger partial charge in [-0.15, -0.1) is 0 Å². The van der Waals surface area contributed by atoms with E-state index in [9.17, 15) is 4.79 Å². The van der Waals surface area contributed by atoms with Crippen molar-refractivity contribution in [1.82, 2.24) is 4.98 Å². The van der Waals surface area contributed by atoms with Crippen LogP contribution in [0.15, 0.2) is 48.7 Å². The fraction of sp³-hybridized carbons (Fsp3) is 0.263. The lowest BCUT2D eigenvalue weighted by Gasteiger charge is -2.33. The van der Waals surface area contributed by atoms with Crippen molar-refractivity contribution < 1.29 is 4.79 Å². The predicted molar refractivity (Wildman–Crippen MR) is 94.0 cm³/mol. The van der Waals surface area contributed by atoms with Gasteiger partial charge in [0.1, 0.15) is 0 Å². The normalized spacial score (nSPS) is 22.2. The van der Waals surface area contributed by atoms with Crippen molar-refractivity contribution in [1.29, 1.82) is 0 Å². The second kappa shape index (κ2) is 4.95. The summed E-state index contributed by atoms with van der Waals surface area (Å²) in [6, 6.07) is 5.85. The Morgan fingerprint density at radius 3 is 2.91 bits per heavy atom. The van der Waals surface area contributed by atoms with E-state index in [1.807, 2.05) is 19.2 Å². The third-order valence-corrected chi connectivity index (χ3v) is 4.93. The summed E-state index contributed by atoms with van der Waals surface area (Å²) in [6.45, 7) is 2.18. The zero-order valence-corrected chi connectivity index (χ0v) is 13.3. The number of benzene rings is 1. The Morgan fingerprint density at radius 2 is 2.17 bits per heavy atom. The molecule has 2 aliphatic rings. The quantitative estimate of drug-likeness (QED) is 0.935. The summed E-state index contributed by atoms with van der Waals surface area (Å²) in [7, 11) is 1.81. The Bertz CT molecular complexity index is 868. The van der Waals surface area contributed by atoms with E-state index in [0.717, 1.165) is 40.7 Å². The van der Waals surface area contributed by atoms with Gasteiger partial charge in [0.2, 0.25) is 0 Å². The number of hydrogen-bond donors (Lipinski definition) is 1. The molecule has 0 fully saturated rings. The summed E-state index contributed by atoms with van der Waals surface area (Å²) in [5.41, 5.74) is 3.43. The van der Waals surface area contributed by atoms with Crippen LogP contribution in [0.5, 0.6) is 0 Å². The van der Waals surface area contributed by atoms with Gasteiger partial charge in [0, 0.05) is 18.6 Å². The van der Waals surface area contributed by atoms with Crippen LogP contribution in [0.4, 0.5) is 11.4 Å². The largest absolute Gasteiger partial charge is 0.374 e. The van der Waals surface area contributed by atoms with E-state index in [0.29, 0.717) is 0 Å². The van der Waals surface area contributed by atoms with Gasteiger partial charge in [0.25, 0.3) is 5.91 Å². The first-order chi connectivity index (χ1) is 11.2. The van der Waals surface area contributed by atoms with E-state index >= 15 is 0 Å². The Hall–Kier alpha value is -2.62. The molecule has 1 N–H and O–H groups in total. The van der Waals surface area contributed by atoms with Crippen molar-refractivity contribution in [2.75, 3.05) is 17.3 Å². The average Bonchev–Trinajstić information content (AvgIpc) is 2.84. The lowest BCUT2D eigenvalue weighted by molar-refractivity contribution is 0.0999. The Balaban J connectivity index is 1.86. The molecule has 0 bridgehead atoms. The SMILES string of the molecule is CCC1(Nc2ccc3c4c(ccnc24)C(=O)N3C)C=CC=CC1. The maximum atomic E-state index is 12.4. The molecular formula is C19H19N3O. The minimum atomic E-state index is -0.0924. The lowest BCUT2D eigenvalue weighted by Crippen LogP contribution is -2.35. The molecule has 1 aromatic heterocycles. The number of amides is 1. The molecule has 2 aromatic rings. The van der Waals surface area contributed by atoms with Crippen molar-refractivity contribution in [3.05, 3.63) is 54.3 Å². The van der Waals surface area contributed by atoms with Crippen LogP contribution < -0.4 is 10.2 Å². The van der Waals surface area contributed by atoms with Gasteiger partial charge in [-0.25, -0.2) is 0 Å². The summed E-state index contributed by atoms with van der Waals surface area (Å²) in [5.74, 6) is 0.0373. The summed E-state index contributed by atoms with van der Waals surface area (Å²) in [6.07, 6.45) is 12.2. The molecule has 23 heavy (non-hydrogen) atoms. The van der Waals surface area contributed by atoms with Crippen molar-refractivity contribution in [3.8, 4) is 0 Å². The van der Waals surface area contributed by atoms with Gasteiger partial charge in [0.05, 0.1) is 28.0 Å². The zero-order valence-electron chi connectivity index (χ0n) is 13.3. The van der Waals surface area contributed by atoms with Gasteiger partial charge in [-0.3, -0.25) is 9.78 Å². The second-order valence-electron chi connectivity index (χ2n) is 6.20. The van der Waals surface area contributed by atoms with E-state index < -0.39 is 0 Å². The van der Waals surface area contributed by atoms with Gasteiger partial charge in [-0.2, -0.15) is 0 Å². The highest BCUT2D eigenvalue weighted by atomic mass is 16.2. The molecule has 4 nitrogen and oxygen atoms in total. The highest BCUT2D eigenvalue weighted by molar-refractivity contribution is 6.25. The first kappa shape index (κ1) is 14.0. The van der Waals surface area contributed by atoms with Gasteiger partial charge in [-0.1, -0.05) is 31.2 Å². The third kappa shape index (κ3) is 1.98. The molecule has 4 heteroatoms. The summed E-state index contributed by atoms with van der Waals surface area (Å²) in [5, 5.41) is 4.62. The first-order valence-electron chi connectivity index (χ1n) is 7.97. The van der Waals surface area contributed by atoms with Crippen LogP contribution >= 0.6 is 0 Å². The smallest absolute Gasteiger partial charge is 0.258 e. The maximum absolute atomic E-state index is 12.4. The van der Waals surface area contributed by atoms with Crippen LogP contribution in [0, 0.1) is 0 Å². The van der Waals surface area contributed by atoms with E-state index in [2.05, 4.69) is 41.5 Å². The van der Waals surface area contributed by atoms with Crippen molar-refractivity contribution in [2.24, 2.45) is 0 Å². The number of aromatic nitrogens is 1. The molecular weight excluding hydrogens is 286 g/mol. The molecule has 0 spiro atoms. The molecule has 1 aromatic carbocycles. The Labute approximate surface area is 135 Å². The molecule has 116 valence electrons. The molecule has 1 unspecified atom stereocenters. The third-order valence-electron chi connectivity index (χ3n) is 4.93. The zero-order chi connectivity index (χ0) is 16.0. The number of nitrogens with one attached hydrogen (secondary N) is 1. The highest BCUT2D eigenvalue weighted by Gasteiger charge is 2.30. The van der Waals surface area contributed by atoms with Crippen LogP contribution in [-0.2, 0) is 0 Å². The van der Waals surface area contributed by atoms with Gasteiger partial charge in [0.15, 0.2) is 0 Å². The summed E-state index contributed by atoms with van der Waals surface area (Å²) >= 11 is 0. The number of pyridine rings is 1. The van der Waals surface area contributed by atoms with Crippen LogP contribution in [0.3, 0.4) is 0 Å². The molecule has 4 rings (SSSR count). The Kier molecular flexibility index (Phi) is 3.01.